The van der Waals surface area contributed by atoms with Crippen LogP contribution in [0.5, 0.6) is 5.75 Å². The van der Waals surface area contributed by atoms with Crippen LogP contribution in [0.25, 0.3) is 11.3 Å². The Kier molecular flexibility index (Phi) is 4.81. The van der Waals surface area contributed by atoms with Gasteiger partial charge in [-0.1, -0.05) is 13.3 Å². The molecule has 0 saturated carbocycles. The van der Waals surface area contributed by atoms with Crippen molar-refractivity contribution in [2.24, 2.45) is 0 Å². The first-order chi connectivity index (χ1) is 10.1. The molecule has 0 atom stereocenters. The predicted molar refractivity (Wildman–Crippen MR) is 85.5 cm³/mol. The molecule has 0 fully saturated rings. The Morgan fingerprint density at radius 1 is 1.38 bits per heavy atom. The zero-order valence-corrected chi connectivity index (χ0v) is 13.5. The van der Waals surface area contributed by atoms with E-state index >= 15 is 0 Å². The third kappa shape index (κ3) is 3.17. The summed E-state index contributed by atoms with van der Waals surface area (Å²) >= 11 is 3.50. The topological polar surface area (TPSA) is 65.9 Å². The van der Waals surface area contributed by atoms with Crippen molar-refractivity contribution in [2.45, 2.75) is 19.8 Å². The molecular formula is C16H15BrN2O2. The zero-order valence-electron chi connectivity index (χ0n) is 11.9. The summed E-state index contributed by atoms with van der Waals surface area (Å²) < 4.78 is 6.26. The second-order valence-corrected chi connectivity index (χ2v) is 5.48. The molecule has 1 heterocycles. The van der Waals surface area contributed by atoms with Gasteiger partial charge in [0, 0.05) is 5.69 Å². The van der Waals surface area contributed by atoms with E-state index in [4.69, 9.17) is 10.00 Å². The Morgan fingerprint density at radius 3 is 2.71 bits per heavy atom. The quantitative estimate of drug-likeness (QED) is 0.918. The molecule has 4 nitrogen and oxygen atoms in total. The number of methoxy groups -OCH3 is 1. The normalized spacial score (nSPS) is 10.2. The lowest BCUT2D eigenvalue weighted by atomic mass is 10.0. The zero-order chi connectivity index (χ0) is 15.4. The van der Waals surface area contributed by atoms with E-state index in [0.29, 0.717) is 5.69 Å². The van der Waals surface area contributed by atoms with E-state index in [0.717, 1.165) is 34.2 Å². The fourth-order valence-corrected chi connectivity index (χ4v) is 2.88. The number of pyridine rings is 1. The van der Waals surface area contributed by atoms with Gasteiger partial charge in [-0.15, -0.1) is 0 Å². The molecule has 0 aliphatic heterocycles. The molecule has 0 amide bonds. The molecule has 5 heteroatoms. The maximum atomic E-state index is 11.7. The van der Waals surface area contributed by atoms with Crippen LogP contribution < -0.4 is 10.3 Å². The Hall–Kier alpha value is -2.06. The van der Waals surface area contributed by atoms with Gasteiger partial charge in [0.1, 0.15) is 17.4 Å². The molecule has 108 valence electrons. The van der Waals surface area contributed by atoms with Crippen molar-refractivity contribution >= 4 is 15.9 Å². The molecule has 0 unspecified atom stereocenters. The first kappa shape index (κ1) is 15.3. The predicted octanol–water partition coefficient (Wildman–Crippen LogP) is 3.64. The average molecular weight is 347 g/mol. The third-order valence-corrected chi connectivity index (χ3v) is 3.77. The fraction of sp³-hybridized carbons (Fsp3) is 0.250. The SMILES string of the molecule is CCCc1cc(-c2ccc(C#N)c(=O)[nH]2)cc(Br)c1OC. The number of halogens is 1. The van der Waals surface area contributed by atoms with Gasteiger partial charge < -0.3 is 9.72 Å². The molecule has 1 N–H and O–H groups in total. The first-order valence-electron chi connectivity index (χ1n) is 6.61. The van der Waals surface area contributed by atoms with Gasteiger partial charge in [0.2, 0.25) is 0 Å². The van der Waals surface area contributed by atoms with Crippen LogP contribution in [0.4, 0.5) is 0 Å². The molecule has 0 saturated heterocycles. The lowest BCUT2D eigenvalue weighted by molar-refractivity contribution is 0.407. The standard InChI is InChI=1S/C16H15BrN2O2/c1-3-4-10-7-12(8-13(17)15(10)21-2)14-6-5-11(9-18)16(20)19-14/h5-8H,3-4H2,1-2H3,(H,19,20). The lowest BCUT2D eigenvalue weighted by Gasteiger charge is -2.13. The van der Waals surface area contributed by atoms with Crippen molar-refractivity contribution in [2.75, 3.05) is 7.11 Å². The van der Waals surface area contributed by atoms with Gasteiger partial charge in [-0.05, 0) is 57.7 Å². The van der Waals surface area contributed by atoms with Crippen LogP contribution in [-0.4, -0.2) is 12.1 Å². The molecule has 0 aliphatic carbocycles. The highest BCUT2D eigenvalue weighted by Crippen LogP contribution is 2.34. The van der Waals surface area contributed by atoms with E-state index in [-0.39, 0.29) is 11.1 Å². The number of nitrogens with zero attached hydrogens (tertiary/aromatic N) is 1. The molecule has 21 heavy (non-hydrogen) atoms. The van der Waals surface area contributed by atoms with E-state index < -0.39 is 0 Å². The van der Waals surface area contributed by atoms with E-state index in [9.17, 15) is 4.79 Å². The van der Waals surface area contributed by atoms with E-state index in [2.05, 4.69) is 27.8 Å². The van der Waals surface area contributed by atoms with Crippen molar-refractivity contribution in [3.8, 4) is 23.1 Å². The minimum atomic E-state index is -0.376. The van der Waals surface area contributed by atoms with Crippen LogP contribution >= 0.6 is 15.9 Å². The summed E-state index contributed by atoms with van der Waals surface area (Å²) in [4.78, 5) is 14.5. The number of ether oxygens (including phenoxy) is 1. The number of aromatic nitrogens is 1. The van der Waals surface area contributed by atoms with Gasteiger partial charge in [0.25, 0.3) is 5.56 Å². The highest BCUT2D eigenvalue weighted by atomic mass is 79.9. The summed E-state index contributed by atoms with van der Waals surface area (Å²) in [6.45, 7) is 2.10. The highest BCUT2D eigenvalue weighted by Gasteiger charge is 2.11. The number of rotatable bonds is 4. The number of aryl methyl sites for hydroxylation is 1. The number of nitrogens with one attached hydrogen (secondary N) is 1. The number of H-pyrrole nitrogens is 1. The smallest absolute Gasteiger partial charge is 0.266 e. The van der Waals surface area contributed by atoms with Crippen LogP contribution in [0.2, 0.25) is 0 Å². The Balaban J connectivity index is 2.57. The van der Waals surface area contributed by atoms with Gasteiger partial charge in [0.15, 0.2) is 0 Å². The molecule has 0 aliphatic rings. The molecule has 0 spiro atoms. The van der Waals surface area contributed by atoms with Crippen molar-refractivity contribution < 1.29 is 4.74 Å². The Bertz CT molecular complexity index is 760. The van der Waals surface area contributed by atoms with Crippen LogP contribution in [0.1, 0.15) is 24.5 Å². The molecule has 1 aromatic carbocycles. The number of hydrogen-bond acceptors (Lipinski definition) is 3. The first-order valence-corrected chi connectivity index (χ1v) is 7.40. The van der Waals surface area contributed by atoms with Gasteiger partial charge in [-0.3, -0.25) is 4.79 Å². The van der Waals surface area contributed by atoms with Gasteiger partial charge in [0.05, 0.1) is 11.6 Å². The van der Waals surface area contributed by atoms with Crippen molar-refractivity contribution in [1.29, 1.82) is 5.26 Å². The summed E-state index contributed by atoms with van der Waals surface area (Å²) in [7, 11) is 1.64. The largest absolute Gasteiger partial charge is 0.495 e. The molecule has 2 rings (SSSR count). The van der Waals surface area contributed by atoms with E-state index in [1.54, 1.807) is 13.2 Å². The molecule has 0 bridgehead atoms. The van der Waals surface area contributed by atoms with Gasteiger partial charge in [-0.25, -0.2) is 0 Å². The van der Waals surface area contributed by atoms with Crippen molar-refractivity contribution in [1.82, 2.24) is 4.98 Å². The van der Waals surface area contributed by atoms with Gasteiger partial charge in [-0.2, -0.15) is 5.26 Å². The second kappa shape index (κ2) is 6.59. The summed E-state index contributed by atoms with van der Waals surface area (Å²) in [5, 5.41) is 8.81. The molecule has 0 radical (unpaired) electrons. The minimum Gasteiger partial charge on any atom is -0.495 e. The monoisotopic (exact) mass is 346 g/mol. The van der Waals surface area contributed by atoms with Crippen LogP contribution in [0, 0.1) is 11.3 Å². The van der Waals surface area contributed by atoms with E-state index in [1.807, 2.05) is 18.2 Å². The number of hydrogen-bond donors (Lipinski definition) is 1. The van der Waals surface area contributed by atoms with Crippen molar-refractivity contribution in [3.05, 3.63) is 50.2 Å². The van der Waals surface area contributed by atoms with E-state index in [1.165, 1.54) is 6.07 Å². The number of aromatic amines is 1. The number of nitriles is 1. The molecule has 2 aromatic rings. The summed E-state index contributed by atoms with van der Waals surface area (Å²) in [5.74, 6) is 0.816. The fourth-order valence-electron chi connectivity index (χ4n) is 2.22. The maximum absolute atomic E-state index is 11.7. The summed E-state index contributed by atoms with van der Waals surface area (Å²) in [5.41, 5.74) is 2.38. The summed E-state index contributed by atoms with van der Waals surface area (Å²) in [6.07, 6.45) is 1.88. The minimum absolute atomic E-state index is 0.111. The van der Waals surface area contributed by atoms with Crippen LogP contribution in [-0.2, 0) is 6.42 Å². The maximum Gasteiger partial charge on any atom is 0.266 e. The highest BCUT2D eigenvalue weighted by molar-refractivity contribution is 9.10. The third-order valence-electron chi connectivity index (χ3n) is 3.18. The molecule has 1 aromatic heterocycles. The van der Waals surface area contributed by atoms with Crippen LogP contribution in [0.3, 0.4) is 0 Å². The van der Waals surface area contributed by atoms with Crippen molar-refractivity contribution in [3.63, 3.8) is 0 Å². The Labute approximate surface area is 131 Å². The van der Waals surface area contributed by atoms with Gasteiger partial charge >= 0.3 is 0 Å². The average Bonchev–Trinajstić information content (AvgIpc) is 2.47. The second-order valence-electron chi connectivity index (χ2n) is 4.63. The number of benzene rings is 1. The Morgan fingerprint density at radius 2 is 2.14 bits per heavy atom. The lowest BCUT2D eigenvalue weighted by Crippen LogP contribution is -2.10. The summed E-state index contributed by atoms with van der Waals surface area (Å²) in [6, 6.07) is 9.04. The van der Waals surface area contributed by atoms with Crippen LogP contribution in [0.15, 0.2) is 33.5 Å². The molecular weight excluding hydrogens is 332 g/mol.